The lowest BCUT2D eigenvalue weighted by molar-refractivity contribution is -0.384. The van der Waals surface area contributed by atoms with Crippen LogP contribution < -0.4 is 4.72 Å². The quantitative estimate of drug-likeness (QED) is 0.662. The minimum absolute atomic E-state index is 0.111. The van der Waals surface area contributed by atoms with E-state index >= 15 is 0 Å². The van der Waals surface area contributed by atoms with Gasteiger partial charge in [0.2, 0.25) is 0 Å². The van der Waals surface area contributed by atoms with Crippen molar-refractivity contribution in [2.45, 2.75) is 49.8 Å². The molecule has 1 fully saturated rings. The number of nitrogens with one attached hydrogen (secondary N) is 1. The zero-order valence-corrected chi connectivity index (χ0v) is 14.1. The molecule has 1 atom stereocenters. The van der Waals surface area contributed by atoms with Crippen LogP contribution in [0.15, 0.2) is 10.3 Å². The number of thiophene rings is 1. The summed E-state index contributed by atoms with van der Waals surface area (Å²) in [6, 6.07) is 0.849. The van der Waals surface area contributed by atoms with Crippen LogP contribution in [0.1, 0.15) is 39.5 Å². The van der Waals surface area contributed by atoms with Crippen molar-refractivity contribution in [1.82, 2.24) is 4.72 Å². The number of sulfonamides is 1. The fourth-order valence-electron chi connectivity index (χ4n) is 2.55. The average Bonchev–Trinajstić information content (AvgIpc) is 2.75. The van der Waals surface area contributed by atoms with E-state index in [1.165, 1.54) is 0 Å². The van der Waals surface area contributed by atoms with Crippen LogP contribution in [-0.2, 0) is 10.0 Å². The van der Waals surface area contributed by atoms with Gasteiger partial charge in [-0.3, -0.25) is 10.1 Å². The third-order valence-electron chi connectivity index (χ3n) is 3.91. The Morgan fingerprint density at radius 3 is 2.67 bits per heavy atom. The van der Waals surface area contributed by atoms with Crippen molar-refractivity contribution in [3.05, 3.63) is 20.5 Å². The van der Waals surface area contributed by atoms with Gasteiger partial charge in [0.1, 0.15) is 4.21 Å². The Balaban J connectivity index is 2.26. The highest BCUT2D eigenvalue weighted by Crippen LogP contribution is 2.39. The second-order valence-electron chi connectivity index (χ2n) is 5.89. The molecule has 0 aromatic carbocycles. The first kappa shape index (κ1) is 16.7. The summed E-state index contributed by atoms with van der Waals surface area (Å²) < 4.78 is 27.2. The van der Waals surface area contributed by atoms with Crippen LogP contribution in [0.3, 0.4) is 0 Å². The lowest BCUT2D eigenvalue weighted by atomic mass is 9.74. The Labute approximate surface area is 132 Å². The lowest BCUT2D eigenvalue weighted by Crippen LogP contribution is -2.46. The molecular formula is C12H17ClN2O4S2. The van der Waals surface area contributed by atoms with E-state index in [-0.39, 0.29) is 25.7 Å². The molecule has 1 unspecified atom stereocenters. The van der Waals surface area contributed by atoms with Gasteiger partial charge in [-0.1, -0.05) is 38.3 Å². The Morgan fingerprint density at radius 1 is 1.48 bits per heavy atom. The van der Waals surface area contributed by atoms with E-state index in [4.69, 9.17) is 11.6 Å². The highest BCUT2D eigenvalue weighted by atomic mass is 35.5. The maximum absolute atomic E-state index is 12.4. The van der Waals surface area contributed by atoms with E-state index in [9.17, 15) is 18.5 Å². The maximum atomic E-state index is 12.4. The highest BCUT2D eigenvalue weighted by molar-refractivity contribution is 7.91. The number of rotatable bonds is 4. The van der Waals surface area contributed by atoms with Gasteiger partial charge in [0, 0.05) is 12.1 Å². The van der Waals surface area contributed by atoms with Crippen LogP contribution in [-0.4, -0.2) is 19.4 Å². The third-order valence-corrected chi connectivity index (χ3v) is 7.20. The first-order valence-electron chi connectivity index (χ1n) is 6.59. The molecule has 1 aliphatic rings. The highest BCUT2D eigenvalue weighted by Gasteiger charge is 2.36. The molecule has 6 nitrogen and oxygen atoms in total. The lowest BCUT2D eigenvalue weighted by Gasteiger charge is -2.38. The van der Waals surface area contributed by atoms with Gasteiger partial charge in [-0.2, -0.15) is 0 Å². The number of hydrogen-bond acceptors (Lipinski definition) is 5. The van der Waals surface area contributed by atoms with Crippen molar-refractivity contribution in [2.75, 3.05) is 0 Å². The fourth-order valence-corrected chi connectivity index (χ4v) is 5.68. The fraction of sp³-hybridized carbons (Fsp3) is 0.667. The molecule has 1 aromatic rings. The summed E-state index contributed by atoms with van der Waals surface area (Å²) in [5.41, 5.74) is -0.497. The van der Waals surface area contributed by atoms with E-state index in [1.54, 1.807) is 0 Å². The van der Waals surface area contributed by atoms with E-state index in [0.717, 1.165) is 31.7 Å². The van der Waals surface area contributed by atoms with Crippen molar-refractivity contribution in [3.63, 3.8) is 0 Å². The Hall–Kier alpha value is -0.700. The zero-order chi connectivity index (χ0) is 15.8. The molecule has 0 radical (unpaired) electrons. The summed E-state index contributed by atoms with van der Waals surface area (Å²) in [4.78, 5) is 10.1. The van der Waals surface area contributed by atoms with Gasteiger partial charge in [0.15, 0.2) is 4.34 Å². The molecule has 1 aromatic heterocycles. The van der Waals surface area contributed by atoms with Crippen molar-refractivity contribution in [2.24, 2.45) is 5.41 Å². The van der Waals surface area contributed by atoms with Crippen LogP contribution in [0.2, 0.25) is 4.34 Å². The van der Waals surface area contributed by atoms with Crippen LogP contribution in [0, 0.1) is 15.5 Å². The molecule has 0 spiro atoms. The van der Waals surface area contributed by atoms with Crippen molar-refractivity contribution in [3.8, 4) is 0 Å². The predicted molar refractivity (Wildman–Crippen MR) is 82.3 cm³/mol. The molecule has 1 N–H and O–H groups in total. The minimum Gasteiger partial charge on any atom is -0.258 e. The van der Waals surface area contributed by atoms with E-state index in [1.807, 2.05) is 13.8 Å². The molecule has 0 aliphatic heterocycles. The molecular weight excluding hydrogens is 336 g/mol. The summed E-state index contributed by atoms with van der Waals surface area (Å²) >= 11 is 6.44. The molecule has 9 heteroatoms. The third kappa shape index (κ3) is 3.56. The van der Waals surface area contributed by atoms with E-state index in [2.05, 4.69) is 4.72 Å². The smallest absolute Gasteiger partial charge is 0.258 e. The van der Waals surface area contributed by atoms with E-state index < -0.39 is 14.9 Å². The molecule has 0 amide bonds. The summed E-state index contributed by atoms with van der Waals surface area (Å²) in [6.07, 6.45) is 3.78. The number of nitro groups is 1. The first-order chi connectivity index (χ1) is 9.63. The van der Waals surface area contributed by atoms with Gasteiger partial charge < -0.3 is 0 Å². The Morgan fingerprint density at radius 2 is 2.14 bits per heavy atom. The Bertz CT molecular complexity index is 654. The number of hydrogen-bond donors (Lipinski definition) is 1. The maximum Gasteiger partial charge on any atom is 0.300 e. The molecule has 118 valence electrons. The molecule has 2 rings (SSSR count). The average molecular weight is 353 g/mol. The summed E-state index contributed by atoms with van der Waals surface area (Å²) in [6.45, 7) is 4.06. The predicted octanol–water partition coefficient (Wildman–Crippen LogP) is 3.56. The molecule has 0 bridgehead atoms. The zero-order valence-electron chi connectivity index (χ0n) is 11.8. The molecule has 1 saturated carbocycles. The van der Waals surface area contributed by atoms with Crippen molar-refractivity contribution < 1.29 is 13.3 Å². The second kappa shape index (κ2) is 5.83. The molecule has 0 saturated heterocycles. The van der Waals surface area contributed by atoms with Crippen molar-refractivity contribution >= 4 is 38.6 Å². The Kier molecular flexibility index (Phi) is 4.63. The van der Waals surface area contributed by atoms with Gasteiger partial charge in [-0.15, -0.1) is 11.3 Å². The summed E-state index contributed by atoms with van der Waals surface area (Å²) in [5.74, 6) is 0. The topological polar surface area (TPSA) is 89.3 Å². The molecule has 21 heavy (non-hydrogen) atoms. The van der Waals surface area contributed by atoms with Gasteiger partial charge in [0.25, 0.3) is 15.7 Å². The second-order valence-corrected chi connectivity index (χ2v) is 9.48. The van der Waals surface area contributed by atoms with Crippen LogP contribution in [0.5, 0.6) is 0 Å². The van der Waals surface area contributed by atoms with E-state index in [0.29, 0.717) is 11.3 Å². The van der Waals surface area contributed by atoms with Crippen LogP contribution in [0.4, 0.5) is 5.69 Å². The largest absolute Gasteiger partial charge is 0.300 e. The normalized spacial score (nSPS) is 22.1. The van der Waals surface area contributed by atoms with Crippen LogP contribution >= 0.6 is 22.9 Å². The van der Waals surface area contributed by atoms with Gasteiger partial charge in [0.05, 0.1) is 4.92 Å². The number of halogens is 1. The van der Waals surface area contributed by atoms with Gasteiger partial charge >= 0.3 is 0 Å². The number of nitrogens with zero attached hydrogens (tertiary/aromatic N) is 1. The minimum atomic E-state index is -3.79. The molecule has 1 aliphatic carbocycles. The SMILES string of the molecule is CC1(C)CCCCC1NS(=O)(=O)c1cc([N+](=O)[O-])c(Cl)s1. The summed E-state index contributed by atoms with van der Waals surface area (Å²) in [5, 5.41) is 10.8. The van der Waals surface area contributed by atoms with Gasteiger partial charge in [-0.25, -0.2) is 13.1 Å². The standard InChI is InChI=1S/C12H17ClN2O4S2/c1-12(2)6-4-3-5-9(12)14-21(18,19)10-7-8(15(16)17)11(13)20-10/h7,9,14H,3-6H2,1-2H3. The first-order valence-corrected chi connectivity index (χ1v) is 9.27. The summed E-state index contributed by atoms with van der Waals surface area (Å²) in [7, 11) is -3.79. The van der Waals surface area contributed by atoms with Crippen molar-refractivity contribution in [1.29, 1.82) is 0 Å². The van der Waals surface area contributed by atoms with Crippen LogP contribution in [0.25, 0.3) is 0 Å². The van der Waals surface area contributed by atoms with Gasteiger partial charge in [-0.05, 0) is 18.3 Å². The monoisotopic (exact) mass is 352 g/mol. The molecule has 1 heterocycles.